The molecule has 5 heteroatoms. The van der Waals surface area contributed by atoms with E-state index in [0.717, 1.165) is 18.9 Å². The van der Waals surface area contributed by atoms with E-state index in [9.17, 15) is 8.78 Å². The molecule has 0 aliphatic carbocycles. The molecule has 1 aromatic carbocycles. The Morgan fingerprint density at radius 2 is 1.95 bits per heavy atom. The fraction of sp³-hybridized carbons (Fsp3) is 0.562. The van der Waals surface area contributed by atoms with Gasteiger partial charge in [-0.05, 0) is 30.1 Å². The largest absolute Gasteiger partial charge is 0.328 e. The molecule has 1 aromatic heterocycles. The SMILES string of the molecule is CCCCCC(C)(C)Cn1c(=S)[nH]c2c(F)cc(F)cc21. The van der Waals surface area contributed by atoms with Crippen LogP contribution in [0.5, 0.6) is 0 Å². The minimum Gasteiger partial charge on any atom is -0.328 e. The Morgan fingerprint density at radius 3 is 2.62 bits per heavy atom. The van der Waals surface area contributed by atoms with E-state index in [2.05, 4.69) is 25.8 Å². The van der Waals surface area contributed by atoms with E-state index in [4.69, 9.17) is 12.2 Å². The van der Waals surface area contributed by atoms with Crippen LogP contribution < -0.4 is 0 Å². The summed E-state index contributed by atoms with van der Waals surface area (Å²) in [5, 5.41) is 0. The lowest BCUT2D eigenvalue weighted by atomic mass is 9.87. The van der Waals surface area contributed by atoms with Crippen molar-refractivity contribution in [2.75, 3.05) is 0 Å². The normalized spacial score (nSPS) is 12.2. The zero-order valence-electron chi connectivity index (χ0n) is 12.8. The number of hydrogen-bond donors (Lipinski definition) is 1. The Bertz CT molecular complexity index is 685. The zero-order chi connectivity index (χ0) is 15.6. The summed E-state index contributed by atoms with van der Waals surface area (Å²) in [5.74, 6) is -1.18. The van der Waals surface area contributed by atoms with Crippen LogP contribution in [0.25, 0.3) is 11.0 Å². The standard InChI is InChI=1S/C16H22F2N2S/c1-4-5-6-7-16(2,3)10-20-13-9-11(17)8-12(18)14(13)19-15(20)21/h8-9H,4-7,10H2,1-3H3,(H,19,21). The number of hydrogen-bond acceptors (Lipinski definition) is 1. The number of H-pyrrole nitrogens is 1. The molecule has 0 saturated heterocycles. The van der Waals surface area contributed by atoms with Crippen molar-refractivity contribution in [2.45, 2.75) is 53.0 Å². The number of benzene rings is 1. The van der Waals surface area contributed by atoms with Gasteiger partial charge in [0.1, 0.15) is 11.3 Å². The second-order valence-corrected chi connectivity index (χ2v) is 6.81. The number of aromatic amines is 1. The maximum absolute atomic E-state index is 13.8. The average molecular weight is 312 g/mol. The molecule has 116 valence electrons. The van der Waals surface area contributed by atoms with Crippen LogP contribution in [0, 0.1) is 21.8 Å². The van der Waals surface area contributed by atoms with Crippen molar-refractivity contribution in [1.29, 1.82) is 0 Å². The number of imidazole rings is 1. The van der Waals surface area contributed by atoms with Crippen molar-refractivity contribution in [3.8, 4) is 0 Å². The number of unbranched alkanes of at least 4 members (excludes halogenated alkanes) is 2. The summed E-state index contributed by atoms with van der Waals surface area (Å²) >= 11 is 5.28. The molecule has 0 bridgehead atoms. The lowest BCUT2D eigenvalue weighted by Gasteiger charge is -2.25. The summed E-state index contributed by atoms with van der Waals surface area (Å²) in [7, 11) is 0. The lowest BCUT2D eigenvalue weighted by Crippen LogP contribution is -2.19. The highest BCUT2D eigenvalue weighted by Crippen LogP contribution is 2.29. The predicted octanol–water partition coefficient (Wildman–Crippen LogP) is 5.58. The fourth-order valence-corrected chi connectivity index (χ4v) is 2.96. The molecule has 1 N–H and O–H groups in total. The van der Waals surface area contributed by atoms with E-state index in [1.54, 1.807) is 0 Å². The maximum atomic E-state index is 13.8. The van der Waals surface area contributed by atoms with E-state index < -0.39 is 11.6 Å². The highest BCUT2D eigenvalue weighted by molar-refractivity contribution is 7.71. The molecule has 21 heavy (non-hydrogen) atoms. The van der Waals surface area contributed by atoms with Gasteiger partial charge in [0, 0.05) is 12.6 Å². The summed E-state index contributed by atoms with van der Waals surface area (Å²) < 4.78 is 29.5. The van der Waals surface area contributed by atoms with Gasteiger partial charge in [0.05, 0.1) is 5.52 Å². The molecule has 0 saturated carbocycles. The van der Waals surface area contributed by atoms with E-state index in [0.29, 0.717) is 16.8 Å². The van der Waals surface area contributed by atoms with Crippen LogP contribution in [0.3, 0.4) is 0 Å². The first-order chi connectivity index (χ1) is 9.84. The molecule has 2 nitrogen and oxygen atoms in total. The van der Waals surface area contributed by atoms with Gasteiger partial charge in [0.15, 0.2) is 10.6 Å². The first-order valence-corrected chi connectivity index (χ1v) is 7.82. The van der Waals surface area contributed by atoms with Gasteiger partial charge in [-0.15, -0.1) is 0 Å². The average Bonchev–Trinajstić information content (AvgIpc) is 2.67. The van der Waals surface area contributed by atoms with E-state index in [1.165, 1.54) is 18.9 Å². The first kappa shape index (κ1) is 16.1. The molecular weight excluding hydrogens is 290 g/mol. The Kier molecular flexibility index (Phi) is 4.81. The minimum absolute atomic E-state index is 0.0330. The highest BCUT2D eigenvalue weighted by Gasteiger charge is 2.21. The quantitative estimate of drug-likeness (QED) is 0.545. The van der Waals surface area contributed by atoms with Crippen molar-refractivity contribution in [3.05, 3.63) is 28.5 Å². The third kappa shape index (κ3) is 3.70. The molecule has 0 amide bonds. The lowest BCUT2D eigenvalue weighted by molar-refractivity contribution is 0.273. The molecule has 0 radical (unpaired) electrons. The second-order valence-electron chi connectivity index (χ2n) is 6.42. The number of fused-ring (bicyclic) bond motifs is 1. The van der Waals surface area contributed by atoms with Crippen molar-refractivity contribution < 1.29 is 8.78 Å². The monoisotopic (exact) mass is 312 g/mol. The van der Waals surface area contributed by atoms with Crippen LogP contribution in [-0.2, 0) is 6.54 Å². The summed E-state index contributed by atoms with van der Waals surface area (Å²) in [4.78, 5) is 2.85. The van der Waals surface area contributed by atoms with Crippen molar-refractivity contribution in [1.82, 2.24) is 9.55 Å². The molecule has 0 atom stereocenters. The van der Waals surface area contributed by atoms with Crippen LogP contribution in [0.2, 0.25) is 0 Å². The van der Waals surface area contributed by atoms with E-state index in [-0.39, 0.29) is 10.9 Å². The van der Waals surface area contributed by atoms with Gasteiger partial charge in [-0.25, -0.2) is 8.78 Å². The second kappa shape index (κ2) is 6.26. The van der Waals surface area contributed by atoms with E-state index >= 15 is 0 Å². The Hall–Kier alpha value is -1.23. The Morgan fingerprint density at radius 1 is 1.24 bits per heavy atom. The smallest absolute Gasteiger partial charge is 0.178 e. The van der Waals surface area contributed by atoms with Crippen LogP contribution in [0.1, 0.15) is 46.5 Å². The van der Waals surface area contributed by atoms with Crippen LogP contribution >= 0.6 is 12.2 Å². The summed E-state index contributed by atoms with van der Waals surface area (Å²) in [6.45, 7) is 7.16. The number of rotatable bonds is 6. The van der Waals surface area contributed by atoms with Gasteiger partial charge in [-0.2, -0.15) is 0 Å². The summed E-state index contributed by atoms with van der Waals surface area (Å²) in [5.41, 5.74) is 0.817. The maximum Gasteiger partial charge on any atom is 0.178 e. The number of nitrogens with zero attached hydrogens (tertiary/aromatic N) is 1. The molecule has 2 rings (SSSR count). The highest BCUT2D eigenvalue weighted by atomic mass is 32.1. The molecular formula is C16H22F2N2S. The fourth-order valence-electron chi connectivity index (χ4n) is 2.70. The predicted molar refractivity (Wildman–Crippen MR) is 85.0 cm³/mol. The number of aromatic nitrogens is 2. The van der Waals surface area contributed by atoms with Gasteiger partial charge in [-0.3, -0.25) is 0 Å². The van der Waals surface area contributed by atoms with Crippen LogP contribution in [0.15, 0.2) is 12.1 Å². The van der Waals surface area contributed by atoms with Gasteiger partial charge in [0.2, 0.25) is 0 Å². The molecule has 0 aliphatic heterocycles. The van der Waals surface area contributed by atoms with Gasteiger partial charge in [0.25, 0.3) is 0 Å². The first-order valence-electron chi connectivity index (χ1n) is 7.41. The van der Waals surface area contributed by atoms with Crippen LogP contribution in [-0.4, -0.2) is 9.55 Å². The summed E-state index contributed by atoms with van der Waals surface area (Å²) in [6, 6.07) is 2.22. The summed E-state index contributed by atoms with van der Waals surface area (Å²) in [6.07, 6.45) is 4.60. The van der Waals surface area contributed by atoms with Gasteiger partial charge < -0.3 is 9.55 Å². The molecule has 1 heterocycles. The molecule has 0 fully saturated rings. The van der Waals surface area contributed by atoms with Crippen LogP contribution in [0.4, 0.5) is 8.78 Å². The minimum atomic E-state index is -0.598. The van der Waals surface area contributed by atoms with E-state index in [1.807, 2.05) is 4.57 Å². The zero-order valence-corrected chi connectivity index (χ0v) is 13.6. The Balaban J connectivity index is 2.34. The van der Waals surface area contributed by atoms with Gasteiger partial charge in [-0.1, -0.05) is 40.0 Å². The third-order valence-corrected chi connectivity index (χ3v) is 4.17. The Labute approximate surface area is 129 Å². The molecule has 0 aliphatic rings. The van der Waals surface area contributed by atoms with Crippen molar-refractivity contribution >= 4 is 23.3 Å². The molecule has 0 spiro atoms. The van der Waals surface area contributed by atoms with Crippen molar-refractivity contribution in [2.24, 2.45) is 5.41 Å². The molecule has 0 unspecified atom stereocenters. The molecule has 2 aromatic rings. The van der Waals surface area contributed by atoms with Gasteiger partial charge >= 0.3 is 0 Å². The number of nitrogens with one attached hydrogen (secondary N) is 1. The van der Waals surface area contributed by atoms with Crippen molar-refractivity contribution in [3.63, 3.8) is 0 Å². The third-order valence-electron chi connectivity index (χ3n) is 3.85. The number of halogens is 2. The topological polar surface area (TPSA) is 20.7 Å².